The summed E-state index contributed by atoms with van der Waals surface area (Å²) in [4.78, 5) is 10.4. The topological polar surface area (TPSA) is 92.2 Å². The highest BCUT2D eigenvalue weighted by molar-refractivity contribution is 5.91. The van der Waals surface area contributed by atoms with Crippen molar-refractivity contribution in [2.45, 2.75) is 0 Å². The molecule has 0 unspecified atom stereocenters. The molecule has 0 aliphatic rings. The van der Waals surface area contributed by atoms with Gasteiger partial charge in [-0.2, -0.15) is 0 Å². The minimum atomic E-state index is -1.27. The Hall–Kier alpha value is -1.91. The molecule has 1 aromatic rings. The molecule has 12 heavy (non-hydrogen) atoms. The summed E-state index contributed by atoms with van der Waals surface area (Å²) in [6.07, 6.45) is 0. The molecule has 0 aliphatic heterocycles. The van der Waals surface area contributed by atoms with Crippen molar-refractivity contribution in [3.63, 3.8) is 0 Å². The van der Waals surface area contributed by atoms with Gasteiger partial charge in [-0.05, 0) is 23.7 Å². The Bertz CT molecular complexity index is 335. The summed E-state index contributed by atoms with van der Waals surface area (Å²) in [5.41, 5.74) is 8.09. The van der Waals surface area contributed by atoms with Crippen LogP contribution in [0.15, 0.2) is 23.3 Å². The van der Waals surface area contributed by atoms with Crippen LogP contribution in [0.1, 0.15) is 10.4 Å². The second-order valence-corrected chi connectivity index (χ2v) is 2.11. The highest BCUT2D eigenvalue weighted by atomic mass is 16.4. The fourth-order valence-corrected chi connectivity index (χ4v) is 0.758. The lowest BCUT2D eigenvalue weighted by atomic mass is 10.2. The van der Waals surface area contributed by atoms with Gasteiger partial charge in [-0.3, -0.25) is 0 Å². The summed E-state index contributed by atoms with van der Waals surface area (Å²) in [6.45, 7) is 0. The zero-order valence-electron chi connectivity index (χ0n) is 5.93. The van der Waals surface area contributed by atoms with E-state index in [9.17, 15) is 4.79 Å². The molecule has 0 saturated heterocycles. The van der Waals surface area contributed by atoms with Crippen LogP contribution in [0.2, 0.25) is 0 Å². The van der Waals surface area contributed by atoms with Crippen molar-refractivity contribution >= 4 is 11.7 Å². The molecule has 5 nitrogen and oxygen atoms in total. The maximum Gasteiger partial charge on any atom is 0.339 e. The highest BCUT2D eigenvalue weighted by Gasteiger charge is 2.09. The van der Waals surface area contributed by atoms with Crippen LogP contribution >= 0.6 is 0 Å². The number of aromatic hydroxyl groups is 1. The number of hydrogen-bond acceptors (Lipinski definition) is 3. The zero-order valence-corrected chi connectivity index (χ0v) is 5.93. The fraction of sp³-hybridized carbons (Fsp3) is 0. The molecule has 0 aromatic heterocycles. The third-order valence-corrected chi connectivity index (χ3v) is 1.33. The largest absolute Gasteiger partial charge is 0.507 e. The standard InChI is InChI=1S/C7H5N2O3/c8-9-4-1-2-6(10)5(3-4)7(11)12/h1-3,10H,(H,11,12). The average Bonchev–Trinajstić information content (AvgIpc) is 2.05. The second-order valence-electron chi connectivity index (χ2n) is 2.11. The monoisotopic (exact) mass is 165 g/mol. The Balaban J connectivity index is 3.25. The lowest BCUT2D eigenvalue weighted by Gasteiger charge is -1.98. The van der Waals surface area contributed by atoms with Crippen molar-refractivity contribution < 1.29 is 15.0 Å². The summed E-state index contributed by atoms with van der Waals surface area (Å²) >= 11 is 0. The molecule has 0 spiro atoms. The van der Waals surface area contributed by atoms with E-state index in [0.717, 1.165) is 12.1 Å². The van der Waals surface area contributed by atoms with Crippen LogP contribution in [0.4, 0.5) is 5.69 Å². The number of aromatic carboxylic acids is 1. The SMILES string of the molecule is [N]=Nc1ccc(O)c(C(=O)O)c1. The molecular formula is C7H5N2O3. The van der Waals surface area contributed by atoms with Gasteiger partial charge < -0.3 is 10.2 Å². The summed E-state index contributed by atoms with van der Waals surface area (Å²) < 4.78 is 0. The molecule has 0 bridgehead atoms. The first kappa shape index (κ1) is 8.19. The molecule has 1 aromatic carbocycles. The van der Waals surface area contributed by atoms with Gasteiger partial charge in [-0.25, -0.2) is 4.79 Å². The van der Waals surface area contributed by atoms with Crippen LogP contribution in [0.3, 0.4) is 0 Å². The lowest BCUT2D eigenvalue weighted by Crippen LogP contribution is -1.95. The van der Waals surface area contributed by atoms with Gasteiger partial charge >= 0.3 is 5.97 Å². The quantitative estimate of drug-likeness (QED) is 0.639. The van der Waals surface area contributed by atoms with Crippen molar-refractivity contribution in [2.75, 3.05) is 0 Å². The molecule has 5 heteroatoms. The van der Waals surface area contributed by atoms with Crippen LogP contribution in [-0.4, -0.2) is 16.2 Å². The highest BCUT2D eigenvalue weighted by Crippen LogP contribution is 2.22. The Morgan fingerprint density at radius 3 is 2.67 bits per heavy atom. The zero-order chi connectivity index (χ0) is 9.14. The summed E-state index contributed by atoms with van der Waals surface area (Å²) in [6, 6.07) is 3.51. The third kappa shape index (κ3) is 1.39. The van der Waals surface area contributed by atoms with Gasteiger partial charge in [-0.15, -0.1) is 5.11 Å². The Morgan fingerprint density at radius 1 is 1.50 bits per heavy atom. The molecule has 2 N–H and O–H groups in total. The molecule has 0 fully saturated rings. The molecular weight excluding hydrogens is 160 g/mol. The van der Waals surface area contributed by atoms with E-state index in [1.165, 1.54) is 6.07 Å². The van der Waals surface area contributed by atoms with Crippen LogP contribution in [-0.2, 0) is 0 Å². The van der Waals surface area contributed by atoms with E-state index in [1.54, 1.807) is 0 Å². The van der Waals surface area contributed by atoms with Crippen molar-refractivity contribution in [3.8, 4) is 5.75 Å². The van der Waals surface area contributed by atoms with E-state index in [-0.39, 0.29) is 17.0 Å². The molecule has 0 atom stereocenters. The van der Waals surface area contributed by atoms with E-state index in [0.29, 0.717) is 0 Å². The number of benzene rings is 1. The smallest absolute Gasteiger partial charge is 0.339 e. The van der Waals surface area contributed by atoms with Gasteiger partial charge in [-0.1, -0.05) is 0 Å². The molecule has 0 saturated carbocycles. The minimum Gasteiger partial charge on any atom is -0.507 e. The molecule has 61 valence electrons. The fourth-order valence-electron chi connectivity index (χ4n) is 0.758. The van der Waals surface area contributed by atoms with Gasteiger partial charge in [0, 0.05) is 0 Å². The van der Waals surface area contributed by atoms with E-state index >= 15 is 0 Å². The second kappa shape index (κ2) is 3.00. The van der Waals surface area contributed by atoms with E-state index in [4.69, 9.17) is 15.7 Å². The minimum absolute atomic E-state index is 0.0881. The predicted octanol–water partition coefficient (Wildman–Crippen LogP) is 0.974. The first-order valence-corrected chi connectivity index (χ1v) is 3.06. The van der Waals surface area contributed by atoms with E-state index in [2.05, 4.69) is 5.11 Å². The number of phenols is 1. The van der Waals surface area contributed by atoms with Gasteiger partial charge in [0.25, 0.3) is 0 Å². The van der Waals surface area contributed by atoms with Crippen LogP contribution in [0.25, 0.3) is 0 Å². The van der Waals surface area contributed by atoms with E-state index in [1.807, 2.05) is 0 Å². The van der Waals surface area contributed by atoms with E-state index < -0.39 is 5.97 Å². The number of hydrogen-bond donors (Lipinski definition) is 2. The number of carboxylic acids is 1. The maximum atomic E-state index is 10.4. The maximum absolute atomic E-state index is 10.4. The first-order chi connectivity index (χ1) is 5.65. The number of nitrogens with zero attached hydrogens (tertiary/aromatic N) is 2. The van der Waals surface area contributed by atoms with Crippen molar-refractivity contribution in [2.24, 2.45) is 5.11 Å². The summed E-state index contributed by atoms with van der Waals surface area (Å²) in [5, 5.41) is 20.3. The van der Waals surface area contributed by atoms with Crippen molar-refractivity contribution in [1.29, 1.82) is 0 Å². The van der Waals surface area contributed by atoms with Gasteiger partial charge in [0.05, 0.1) is 5.69 Å². The van der Waals surface area contributed by atoms with Crippen LogP contribution in [0, 0.1) is 0 Å². The van der Waals surface area contributed by atoms with Gasteiger partial charge in [0.2, 0.25) is 0 Å². The Labute approximate surface area is 67.8 Å². The van der Waals surface area contributed by atoms with Crippen LogP contribution in [0.5, 0.6) is 5.75 Å². The van der Waals surface area contributed by atoms with Gasteiger partial charge in [0.1, 0.15) is 11.3 Å². The number of carboxylic acid groups (broad SMARTS) is 1. The molecule has 0 amide bonds. The van der Waals surface area contributed by atoms with Crippen molar-refractivity contribution in [3.05, 3.63) is 23.8 Å². The number of carbonyl (C=O) groups is 1. The lowest BCUT2D eigenvalue weighted by molar-refractivity contribution is 0.0694. The molecule has 1 radical (unpaired) electrons. The van der Waals surface area contributed by atoms with Gasteiger partial charge in [0.15, 0.2) is 0 Å². The number of rotatable bonds is 2. The molecule has 1 rings (SSSR count). The average molecular weight is 165 g/mol. The molecule has 0 heterocycles. The summed E-state index contributed by atoms with van der Waals surface area (Å²) in [5.74, 6) is -1.62. The summed E-state index contributed by atoms with van der Waals surface area (Å²) in [7, 11) is 0. The first-order valence-electron chi connectivity index (χ1n) is 3.06. The Kier molecular flexibility index (Phi) is 2.05. The normalized spacial score (nSPS) is 9.33. The molecule has 0 aliphatic carbocycles. The third-order valence-electron chi connectivity index (χ3n) is 1.33. The predicted molar refractivity (Wildman–Crippen MR) is 39.3 cm³/mol. The van der Waals surface area contributed by atoms with Crippen molar-refractivity contribution in [1.82, 2.24) is 5.53 Å². The van der Waals surface area contributed by atoms with Crippen LogP contribution < -0.4 is 5.53 Å². The Morgan fingerprint density at radius 2 is 2.17 bits per heavy atom.